The van der Waals surface area contributed by atoms with Crippen LogP contribution in [0.25, 0.3) is 0 Å². The molecule has 2 amide bonds. The van der Waals surface area contributed by atoms with E-state index in [2.05, 4.69) is 10.1 Å². The first-order valence-electron chi connectivity index (χ1n) is 7.73. The summed E-state index contributed by atoms with van der Waals surface area (Å²) >= 11 is 0. The summed E-state index contributed by atoms with van der Waals surface area (Å²) in [5.41, 5.74) is 1.43. The van der Waals surface area contributed by atoms with Gasteiger partial charge in [-0.05, 0) is 24.1 Å². The van der Waals surface area contributed by atoms with Gasteiger partial charge in [-0.1, -0.05) is 43.3 Å². The number of anilines is 1. The molecule has 0 bridgehead atoms. The highest BCUT2D eigenvalue weighted by Gasteiger charge is 2.14. The smallest absolute Gasteiger partial charge is 0.387 e. The van der Waals surface area contributed by atoms with E-state index in [4.69, 9.17) is 0 Å². The van der Waals surface area contributed by atoms with E-state index in [1.54, 1.807) is 17.0 Å². The van der Waals surface area contributed by atoms with Crippen LogP contribution in [-0.2, 0) is 6.54 Å². The zero-order chi connectivity index (χ0) is 17.4. The molecule has 0 saturated heterocycles. The van der Waals surface area contributed by atoms with Gasteiger partial charge in [-0.25, -0.2) is 4.79 Å². The lowest BCUT2D eigenvalue weighted by Gasteiger charge is -2.23. The van der Waals surface area contributed by atoms with Crippen LogP contribution in [-0.4, -0.2) is 24.1 Å². The molecule has 0 spiro atoms. The van der Waals surface area contributed by atoms with E-state index in [1.807, 2.05) is 37.3 Å². The van der Waals surface area contributed by atoms with E-state index >= 15 is 0 Å². The number of halogens is 2. The molecule has 0 aliphatic carbocycles. The zero-order valence-corrected chi connectivity index (χ0v) is 13.4. The number of carbonyl (C=O) groups is 1. The number of alkyl halides is 2. The number of ether oxygens (including phenoxy) is 1. The quantitative estimate of drug-likeness (QED) is 0.795. The number of hydrogen-bond donors (Lipinski definition) is 1. The van der Waals surface area contributed by atoms with Crippen LogP contribution in [0, 0.1) is 0 Å². The van der Waals surface area contributed by atoms with Crippen LogP contribution in [0.1, 0.15) is 18.9 Å². The summed E-state index contributed by atoms with van der Waals surface area (Å²) in [7, 11) is 0. The van der Waals surface area contributed by atoms with Crippen molar-refractivity contribution in [1.82, 2.24) is 4.90 Å². The maximum atomic E-state index is 12.5. The minimum atomic E-state index is -2.90. The summed E-state index contributed by atoms with van der Waals surface area (Å²) in [5, 5.41) is 2.72. The second kappa shape index (κ2) is 8.86. The predicted octanol–water partition coefficient (Wildman–Crippen LogP) is 4.73. The van der Waals surface area contributed by atoms with Gasteiger partial charge >= 0.3 is 12.6 Å². The Bertz CT molecular complexity index is 650. The third-order valence-electron chi connectivity index (χ3n) is 3.31. The van der Waals surface area contributed by atoms with Crippen molar-refractivity contribution in [1.29, 1.82) is 0 Å². The highest BCUT2D eigenvalue weighted by Crippen LogP contribution is 2.20. The fraction of sp³-hybridized carbons (Fsp3) is 0.278. The van der Waals surface area contributed by atoms with Gasteiger partial charge in [0.15, 0.2) is 0 Å². The molecule has 0 aliphatic rings. The van der Waals surface area contributed by atoms with Gasteiger partial charge in [0, 0.05) is 24.8 Å². The molecule has 0 unspecified atom stereocenters. The van der Waals surface area contributed by atoms with Crippen LogP contribution in [0.3, 0.4) is 0 Å². The average Bonchev–Trinajstić information content (AvgIpc) is 2.55. The van der Waals surface area contributed by atoms with Gasteiger partial charge in [-0.15, -0.1) is 0 Å². The summed E-state index contributed by atoms with van der Waals surface area (Å²) < 4.78 is 28.9. The average molecular weight is 334 g/mol. The zero-order valence-electron chi connectivity index (χ0n) is 13.4. The highest BCUT2D eigenvalue weighted by molar-refractivity contribution is 5.89. The van der Waals surface area contributed by atoms with Gasteiger partial charge in [-0.3, -0.25) is 0 Å². The van der Waals surface area contributed by atoms with Crippen LogP contribution in [0.2, 0.25) is 0 Å². The molecule has 1 N–H and O–H groups in total. The molecule has 24 heavy (non-hydrogen) atoms. The van der Waals surface area contributed by atoms with Gasteiger partial charge in [0.2, 0.25) is 0 Å². The van der Waals surface area contributed by atoms with E-state index < -0.39 is 6.61 Å². The Morgan fingerprint density at radius 3 is 2.58 bits per heavy atom. The molecule has 2 aromatic carbocycles. The van der Waals surface area contributed by atoms with Crippen molar-refractivity contribution < 1.29 is 18.3 Å². The Balaban J connectivity index is 2.04. The van der Waals surface area contributed by atoms with E-state index in [-0.39, 0.29) is 11.8 Å². The fourth-order valence-electron chi connectivity index (χ4n) is 2.28. The first-order chi connectivity index (χ1) is 11.6. The standard InChI is InChI=1S/C18H20F2N2O2/c1-2-11-22(13-14-7-4-3-5-8-14)18(23)21-15-9-6-10-16(12-15)24-17(19)20/h3-10,12,17H,2,11,13H2,1H3,(H,21,23). The largest absolute Gasteiger partial charge is 0.435 e. The molecule has 0 aromatic heterocycles. The molecule has 6 heteroatoms. The molecule has 128 valence electrons. The van der Waals surface area contributed by atoms with Crippen LogP contribution in [0.5, 0.6) is 5.75 Å². The van der Waals surface area contributed by atoms with E-state index in [1.165, 1.54) is 12.1 Å². The van der Waals surface area contributed by atoms with E-state index in [9.17, 15) is 13.6 Å². The van der Waals surface area contributed by atoms with Gasteiger partial charge in [-0.2, -0.15) is 8.78 Å². The lowest BCUT2D eigenvalue weighted by molar-refractivity contribution is -0.0497. The summed E-state index contributed by atoms with van der Waals surface area (Å²) in [6.45, 7) is 0.162. The third kappa shape index (κ3) is 5.53. The first kappa shape index (κ1) is 17.7. The van der Waals surface area contributed by atoms with Crippen LogP contribution in [0.4, 0.5) is 19.3 Å². The SMILES string of the molecule is CCCN(Cc1ccccc1)C(=O)Nc1cccc(OC(F)F)c1. The number of amides is 2. The molecule has 0 heterocycles. The van der Waals surface area contributed by atoms with Gasteiger partial charge in [0.1, 0.15) is 5.75 Å². The second-order valence-electron chi connectivity index (χ2n) is 5.24. The summed E-state index contributed by atoms with van der Waals surface area (Å²) in [5.74, 6) is 0.00732. The van der Waals surface area contributed by atoms with Crippen molar-refractivity contribution in [2.75, 3.05) is 11.9 Å². The molecule has 2 rings (SSSR count). The summed E-state index contributed by atoms with van der Waals surface area (Å²) in [4.78, 5) is 14.1. The molecular formula is C18H20F2N2O2. The second-order valence-corrected chi connectivity index (χ2v) is 5.24. The Morgan fingerprint density at radius 1 is 1.17 bits per heavy atom. The van der Waals surface area contributed by atoms with Crippen molar-refractivity contribution in [3.63, 3.8) is 0 Å². The summed E-state index contributed by atoms with van der Waals surface area (Å²) in [6, 6.07) is 15.3. The Hall–Kier alpha value is -2.63. The Labute approximate surface area is 140 Å². The maximum absolute atomic E-state index is 12.5. The topological polar surface area (TPSA) is 41.6 Å². The third-order valence-corrected chi connectivity index (χ3v) is 3.31. The molecular weight excluding hydrogens is 314 g/mol. The van der Waals surface area contributed by atoms with Crippen molar-refractivity contribution in [2.24, 2.45) is 0 Å². The molecule has 0 fully saturated rings. The number of urea groups is 1. The highest BCUT2D eigenvalue weighted by atomic mass is 19.3. The number of benzene rings is 2. The number of hydrogen-bond acceptors (Lipinski definition) is 2. The lowest BCUT2D eigenvalue weighted by atomic mass is 10.2. The molecule has 0 saturated carbocycles. The Morgan fingerprint density at radius 2 is 1.92 bits per heavy atom. The normalized spacial score (nSPS) is 10.5. The van der Waals surface area contributed by atoms with Crippen molar-refractivity contribution >= 4 is 11.7 Å². The lowest BCUT2D eigenvalue weighted by Crippen LogP contribution is -2.35. The summed E-state index contributed by atoms with van der Waals surface area (Å²) in [6.07, 6.45) is 0.814. The fourth-order valence-corrected chi connectivity index (χ4v) is 2.28. The Kier molecular flexibility index (Phi) is 6.54. The number of rotatable bonds is 7. The number of carbonyl (C=O) groups excluding carboxylic acids is 1. The van der Waals surface area contributed by atoms with E-state index in [0.717, 1.165) is 12.0 Å². The monoisotopic (exact) mass is 334 g/mol. The van der Waals surface area contributed by atoms with Crippen molar-refractivity contribution in [3.05, 3.63) is 60.2 Å². The van der Waals surface area contributed by atoms with Crippen molar-refractivity contribution in [3.8, 4) is 5.75 Å². The van der Waals surface area contributed by atoms with Crippen LogP contribution >= 0.6 is 0 Å². The number of nitrogens with zero attached hydrogens (tertiary/aromatic N) is 1. The van der Waals surface area contributed by atoms with Gasteiger partial charge in [0.25, 0.3) is 0 Å². The maximum Gasteiger partial charge on any atom is 0.387 e. The van der Waals surface area contributed by atoms with Crippen LogP contribution < -0.4 is 10.1 Å². The minimum absolute atomic E-state index is 0.00732. The van der Waals surface area contributed by atoms with Crippen molar-refractivity contribution in [2.45, 2.75) is 26.5 Å². The molecule has 2 aromatic rings. The van der Waals surface area contributed by atoms with Gasteiger partial charge in [0.05, 0.1) is 0 Å². The molecule has 0 aliphatic heterocycles. The minimum Gasteiger partial charge on any atom is -0.435 e. The molecule has 0 atom stereocenters. The number of nitrogens with one attached hydrogen (secondary N) is 1. The predicted molar refractivity (Wildman–Crippen MR) is 89.2 cm³/mol. The van der Waals surface area contributed by atoms with Crippen LogP contribution in [0.15, 0.2) is 54.6 Å². The first-order valence-corrected chi connectivity index (χ1v) is 7.73. The van der Waals surface area contributed by atoms with Gasteiger partial charge < -0.3 is 15.0 Å². The van der Waals surface area contributed by atoms with E-state index in [0.29, 0.717) is 18.8 Å². The molecule has 0 radical (unpaired) electrons. The molecule has 4 nitrogen and oxygen atoms in total.